The van der Waals surface area contributed by atoms with E-state index in [1.54, 1.807) is 65.0 Å². The lowest BCUT2D eigenvalue weighted by Crippen LogP contribution is -2.28. The van der Waals surface area contributed by atoms with Crippen molar-refractivity contribution in [2.24, 2.45) is 5.92 Å². The molecule has 1 heterocycles. The molecule has 1 N–H and O–H groups in total. The second kappa shape index (κ2) is 9.11. The summed E-state index contributed by atoms with van der Waals surface area (Å²) in [7, 11) is 0. The maximum Gasteiger partial charge on any atom is 0.412 e. The molecule has 0 fully saturated rings. The lowest BCUT2D eigenvalue weighted by Gasteiger charge is -2.20. The van der Waals surface area contributed by atoms with Crippen LogP contribution in [0.4, 0.5) is 19.3 Å². The van der Waals surface area contributed by atoms with E-state index >= 15 is 0 Å². The van der Waals surface area contributed by atoms with Crippen molar-refractivity contribution in [3.05, 3.63) is 47.8 Å². The van der Waals surface area contributed by atoms with E-state index in [0.29, 0.717) is 16.7 Å². The molecule has 0 spiro atoms. The molecule has 2 aromatic rings. The first kappa shape index (κ1) is 22.5. The van der Waals surface area contributed by atoms with Gasteiger partial charge in [0, 0.05) is 24.1 Å². The fourth-order valence-corrected chi connectivity index (χ4v) is 2.66. The van der Waals surface area contributed by atoms with Gasteiger partial charge in [-0.25, -0.2) is 13.6 Å². The summed E-state index contributed by atoms with van der Waals surface area (Å²) in [6.45, 7) is 8.67. The Morgan fingerprint density at radius 1 is 1.14 bits per heavy atom. The van der Waals surface area contributed by atoms with Crippen LogP contribution >= 0.6 is 0 Å². The first-order valence-electron chi connectivity index (χ1n) is 9.38. The van der Waals surface area contributed by atoms with Gasteiger partial charge in [-0.3, -0.25) is 15.1 Å². The molecule has 7 heteroatoms. The van der Waals surface area contributed by atoms with Gasteiger partial charge in [0.25, 0.3) is 0 Å². The maximum absolute atomic E-state index is 12.7. The van der Waals surface area contributed by atoms with E-state index in [-0.39, 0.29) is 29.5 Å². The van der Waals surface area contributed by atoms with E-state index in [2.05, 4.69) is 10.3 Å². The van der Waals surface area contributed by atoms with Gasteiger partial charge in [0.1, 0.15) is 11.3 Å². The molecule has 29 heavy (non-hydrogen) atoms. The van der Waals surface area contributed by atoms with Crippen LogP contribution in [-0.4, -0.2) is 28.9 Å². The number of pyridine rings is 1. The van der Waals surface area contributed by atoms with Crippen LogP contribution in [0.3, 0.4) is 0 Å². The summed E-state index contributed by atoms with van der Waals surface area (Å²) >= 11 is 0. The number of ether oxygens (including phenoxy) is 1. The van der Waals surface area contributed by atoms with Crippen molar-refractivity contribution < 1.29 is 23.1 Å². The number of carbonyl (C=O) groups is 2. The van der Waals surface area contributed by atoms with E-state index in [1.807, 2.05) is 0 Å². The molecule has 0 bridgehead atoms. The molecule has 0 radical (unpaired) electrons. The molecule has 1 aromatic carbocycles. The van der Waals surface area contributed by atoms with Crippen LogP contribution in [0.5, 0.6) is 0 Å². The zero-order valence-corrected chi connectivity index (χ0v) is 17.3. The number of aromatic nitrogens is 1. The molecule has 156 valence electrons. The molecule has 0 saturated carbocycles. The SMILES string of the molecule is CC(C)C(=O)c1ncc(-c2cccc(CC(F)F)c2)cc1NC(=O)OC(C)(C)C. The predicted molar refractivity (Wildman–Crippen MR) is 108 cm³/mol. The number of rotatable bonds is 6. The van der Waals surface area contributed by atoms with Crippen LogP contribution in [-0.2, 0) is 11.2 Å². The molecule has 0 unspecified atom stereocenters. The molecule has 0 aliphatic carbocycles. The molecule has 0 saturated heterocycles. The van der Waals surface area contributed by atoms with Crippen molar-refractivity contribution in [3.63, 3.8) is 0 Å². The molecule has 5 nitrogen and oxygen atoms in total. The van der Waals surface area contributed by atoms with Gasteiger partial charge in [-0.05, 0) is 38.0 Å². The molecule has 0 aliphatic heterocycles. The van der Waals surface area contributed by atoms with Crippen molar-refractivity contribution in [3.8, 4) is 11.1 Å². The fraction of sp³-hybridized carbons (Fsp3) is 0.409. The molecule has 1 aromatic heterocycles. The lowest BCUT2D eigenvalue weighted by atomic mass is 10.00. The second-order valence-corrected chi connectivity index (χ2v) is 8.06. The maximum atomic E-state index is 12.7. The van der Waals surface area contributed by atoms with Crippen LogP contribution in [0.2, 0.25) is 0 Å². The number of Topliss-reactive ketones (excluding diaryl/α,β-unsaturated/α-hetero) is 1. The topological polar surface area (TPSA) is 68.3 Å². The number of nitrogens with one attached hydrogen (secondary N) is 1. The summed E-state index contributed by atoms with van der Waals surface area (Å²) in [5, 5.41) is 2.60. The molecule has 0 atom stereocenters. The number of benzene rings is 1. The lowest BCUT2D eigenvalue weighted by molar-refractivity contribution is 0.0635. The Hall–Kier alpha value is -2.83. The van der Waals surface area contributed by atoms with E-state index in [1.165, 1.54) is 6.20 Å². The van der Waals surface area contributed by atoms with Gasteiger partial charge in [0.15, 0.2) is 5.78 Å². The summed E-state index contributed by atoms with van der Waals surface area (Å²) in [5.74, 6) is -0.545. The Morgan fingerprint density at radius 2 is 1.83 bits per heavy atom. The summed E-state index contributed by atoms with van der Waals surface area (Å²) < 4.78 is 30.7. The fourth-order valence-electron chi connectivity index (χ4n) is 2.66. The average Bonchev–Trinajstić information content (AvgIpc) is 2.59. The third-order valence-electron chi connectivity index (χ3n) is 3.93. The van der Waals surface area contributed by atoms with E-state index in [4.69, 9.17) is 4.74 Å². The van der Waals surface area contributed by atoms with Gasteiger partial charge in [-0.1, -0.05) is 38.1 Å². The Labute approximate surface area is 169 Å². The third-order valence-corrected chi connectivity index (χ3v) is 3.93. The standard InChI is InChI=1S/C22H26F2N2O3/c1-13(2)20(27)19-17(26-21(28)29-22(3,4)5)11-16(12-25-19)15-8-6-7-14(9-15)10-18(23)24/h6-9,11-13,18H,10H2,1-5H3,(H,26,28). The molecular formula is C22H26F2N2O3. The zero-order valence-electron chi connectivity index (χ0n) is 17.3. The zero-order chi connectivity index (χ0) is 21.8. The number of nitrogens with zero attached hydrogens (tertiary/aromatic N) is 1. The minimum atomic E-state index is -2.45. The van der Waals surface area contributed by atoms with Crippen LogP contribution in [0.1, 0.15) is 50.7 Å². The van der Waals surface area contributed by atoms with Crippen molar-refractivity contribution in [2.45, 2.75) is 53.1 Å². The number of ketones is 1. The Morgan fingerprint density at radius 3 is 2.41 bits per heavy atom. The van der Waals surface area contributed by atoms with Gasteiger partial charge in [0.05, 0.1) is 5.69 Å². The minimum Gasteiger partial charge on any atom is -0.444 e. The average molecular weight is 404 g/mol. The Balaban J connectivity index is 2.43. The predicted octanol–water partition coefficient (Wildman–Crippen LogP) is 5.74. The van der Waals surface area contributed by atoms with Crippen molar-refractivity contribution in [1.29, 1.82) is 0 Å². The largest absolute Gasteiger partial charge is 0.444 e. The second-order valence-electron chi connectivity index (χ2n) is 8.06. The quantitative estimate of drug-likeness (QED) is 0.623. The normalized spacial score (nSPS) is 11.6. The van der Waals surface area contributed by atoms with Crippen LogP contribution < -0.4 is 5.32 Å². The smallest absolute Gasteiger partial charge is 0.412 e. The number of hydrogen-bond donors (Lipinski definition) is 1. The monoisotopic (exact) mass is 404 g/mol. The third kappa shape index (κ3) is 6.62. The Bertz CT molecular complexity index is 890. The Kier molecular flexibility index (Phi) is 7.06. The van der Waals surface area contributed by atoms with Gasteiger partial charge >= 0.3 is 6.09 Å². The number of anilines is 1. The highest BCUT2D eigenvalue weighted by Gasteiger charge is 2.22. The van der Waals surface area contributed by atoms with E-state index < -0.39 is 18.1 Å². The highest BCUT2D eigenvalue weighted by molar-refractivity contribution is 6.03. The first-order valence-corrected chi connectivity index (χ1v) is 9.38. The first-order chi connectivity index (χ1) is 13.5. The summed E-state index contributed by atoms with van der Waals surface area (Å²) in [6.07, 6.45) is -2.01. The van der Waals surface area contributed by atoms with Crippen molar-refractivity contribution in [2.75, 3.05) is 5.32 Å². The van der Waals surface area contributed by atoms with Crippen molar-refractivity contribution >= 4 is 17.6 Å². The van der Waals surface area contributed by atoms with Crippen molar-refractivity contribution in [1.82, 2.24) is 4.98 Å². The molecule has 1 amide bonds. The van der Waals surface area contributed by atoms with Gasteiger partial charge in [-0.2, -0.15) is 0 Å². The molecule has 0 aliphatic rings. The molecule has 2 rings (SSSR count). The highest BCUT2D eigenvalue weighted by Crippen LogP contribution is 2.27. The molecular weight excluding hydrogens is 378 g/mol. The number of alkyl halides is 2. The number of hydrogen-bond acceptors (Lipinski definition) is 4. The van der Waals surface area contributed by atoms with Crippen LogP contribution in [0, 0.1) is 5.92 Å². The minimum absolute atomic E-state index is 0.123. The number of amides is 1. The summed E-state index contributed by atoms with van der Waals surface area (Å²) in [4.78, 5) is 29.0. The van der Waals surface area contributed by atoms with E-state index in [0.717, 1.165) is 0 Å². The van der Waals surface area contributed by atoms with Gasteiger partial charge < -0.3 is 4.74 Å². The van der Waals surface area contributed by atoms with E-state index in [9.17, 15) is 18.4 Å². The van der Waals surface area contributed by atoms with Crippen LogP contribution in [0.15, 0.2) is 36.5 Å². The van der Waals surface area contributed by atoms with Crippen LogP contribution in [0.25, 0.3) is 11.1 Å². The summed E-state index contributed by atoms with van der Waals surface area (Å²) in [6, 6.07) is 8.31. The number of halogens is 2. The summed E-state index contributed by atoms with van der Waals surface area (Å²) in [5.41, 5.74) is 1.37. The highest BCUT2D eigenvalue weighted by atomic mass is 19.3. The number of carbonyl (C=O) groups excluding carboxylic acids is 2. The van der Waals surface area contributed by atoms with Gasteiger partial charge in [0.2, 0.25) is 6.43 Å². The van der Waals surface area contributed by atoms with Gasteiger partial charge in [-0.15, -0.1) is 0 Å².